The van der Waals surface area contributed by atoms with Gasteiger partial charge in [-0.1, -0.05) is 6.07 Å². The summed E-state index contributed by atoms with van der Waals surface area (Å²) in [5.74, 6) is -1.20. The Balaban J connectivity index is 1.07. The number of benzene rings is 5. The highest BCUT2D eigenvalue weighted by atomic mass is 16.6. The minimum Gasteiger partial charge on any atom is -0.457 e. The maximum absolute atomic E-state index is 13.2. The summed E-state index contributed by atoms with van der Waals surface area (Å²) in [4.78, 5) is 75.0. The third-order valence-corrected chi connectivity index (χ3v) is 7.63. The van der Waals surface area contributed by atoms with Gasteiger partial charge in [-0.25, -0.2) is 9.80 Å². The highest BCUT2D eigenvalue weighted by Gasteiger charge is 2.38. The molecular weight excluding hydrogens is 624 g/mol. The van der Waals surface area contributed by atoms with Crippen LogP contribution in [0.4, 0.5) is 22.7 Å². The van der Waals surface area contributed by atoms with Crippen LogP contribution in [0.5, 0.6) is 23.0 Å². The van der Waals surface area contributed by atoms with E-state index in [0.717, 1.165) is 9.80 Å². The lowest BCUT2D eigenvalue weighted by atomic mass is 10.1. The monoisotopic (exact) mass is 642 g/mol. The van der Waals surface area contributed by atoms with Crippen LogP contribution in [0.2, 0.25) is 0 Å². The van der Waals surface area contributed by atoms with Gasteiger partial charge >= 0.3 is 0 Å². The van der Waals surface area contributed by atoms with Crippen molar-refractivity contribution in [2.24, 2.45) is 0 Å². The van der Waals surface area contributed by atoms with E-state index >= 15 is 0 Å². The molecule has 0 N–H and O–H groups in total. The van der Waals surface area contributed by atoms with Crippen LogP contribution < -0.4 is 19.3 Å². The van der Waals surface area contributed by atoms with E-state index in [9.17, 15) is 39.4 Å². The fraction of sp³-hybridized carbons (Fsp3) is 0. The Morgan fingerprint density at radius 2 is 0.792 bits per heavy atom. The van der Waals surface area contributed by atoms with Gasteiger partial charge in [-0.15, -0.1) is 0 Å². The Kier molecular flexibility index (Phi) is 6.94. The lowest BCUT2D eigenvalue weighted by Crippen LogP contribution is -2.29. The average Bonchev–Trinajstić information content (AvgIpc) is 3.48. The molecule has 0 fully saturated rings. The number of amides is 4. The number of nitro benzene ring substituents is 2. The van der Waals surface area contributed by atoms with Crippen molar-refractivity contribution in [1.82, 2.24) is 0 Å². The molecule has 0 bridgehead atoms. The van der Waals surface area contributed by atoms with Gasteiger partial charge in [0.25, 0.3) is 35.0 Å². The van der Waals surface area contributed by atoms with Crippen LogP contribution in [-0.4, -0.2) is 33.5 Å². The topological polar surface area (TPSA) is 180 Å². The smallest absolute Gasteiger partial charge is 0.269 e. The van der Waals surface area contributed by atoms with Crippen LogP contribution >= 0.6 is 0 Å². The van der Waals surface area contributed by atoms with Gasteiger partial charge in [0.1, 0.15) is 23.0 Å². The van der Waals surface area contributed by atoms with Crippen LogP contribution in [0.1, 0.15) is 41.4 Å². The zero-order valence-electron chi connectivity index (χ0n) is 24.3. The summed E-state index contributed by atoms with van der Waals surface area (Å²) >= 11 is 0. The van der Waals surface area contributed by atoms with Crippen molar-refractivity contribution in [2.45, 2.75) is 0 Å². The van der Waals surface area contributed by atoms with Crippen molar-refractivity contribution in [3.63, 3.8) is 0 Å². The summed E-state index contributed by atoms with van der Waals surface area (Å²) in [5, 5.41) is 22.0. The molecule has 0 saturated heterocycles. The summed E-state index contributed by atoms with van der Waals surface area (Å²) in [6, 6.07) is 25.4. The molecular formula is C34H18N4O10. The van der Waals surface area contributed by atoms with E-state index in [1.807, 2.05) is 0 Å². The van der Waals surface area contributed by atoms with Crippen molar-refractivity contribution in [1.29, 1.82) is 0 Å². The summed E-state index contributed by atoms with van der Waals surface area (Å²) in [6.45, 7) is 0. The first kappa shape index (κ1) is 29.5. The molecule has 7 rings (SSSR count). The number of fused-ring (bicyclic) bond motifs is 2. The third-order valence-electron chi connectivity index (χ3n) is 7.63. The van der Waals surface area contributed by atoms with Crippen LogP contribution in [0.15, 0.2) is 109 Å². The first-order chi connectivity index (χ1) is 23.1. The van der Waals surface area contributed by atoms with Crippen molar-refractivity contribution >= 4 is 46.4 Å². The zero-order valence-corrected chi connectivity index (χ0v) is 24.3. The van der Waals surface area contributed by atoms with E-state index in [1.54, 1.807) is 24.3 Å². The van der Waals surface area contributed by atoms with E-state index < -0.39 is 33.5 Å². The molecule has 0 aromatic heterocycles. The zero-order chi connectivity index (χ0) is 33.7. The molecule has 5 aromatic rings. The second-order valence-corrected chi connectivity index (χ2v) is 10.5. The molecule has 48 heavy (non-hydrogen) atoms. The number of hydrogen-bond acceptors (Lipinski definition) is 10. The van der Waals surface area contributed by atoms with Crippen molar-refractivity contribution in [3.05, 3.63) is 152 Å². The fourth-order valence-electron chi connectivity index (χ4n) is 5.36. The molecule has 234 valence electrons. The molecule has 0 atom stereocenters. The Bertz CT molecular complexity index is 2080. The molecule has 2 aliphatic heterocycles. The van der Waals surface area contributed by atoms with Crippen LogP contribution in [0.25, 0.3) is 0 Å². The van der Waals surface area contributed by atoms with Gasteiger partial charge in [0, 0.05) is 30.3 Å². The lowest BCUT2D eigenvalue weighted by molar-refractivity contribution is -0.385. The van der Waals surface area contributed by atoms with Gasteiger partial charge in [0.2, 0.25) is 0 Å². The lowest BCUT2D eigenvalue weighted by Gasteiger charge is -2.13. The summed E-state index contributed by atoms with van der Waals surface area (Å²) in [6.07, 6.45) is 0. The maximum atomic E-state index is 13.2. The second kappa shape index (κ2) is 11.3. The molecule has 2 heterocycles. The van der Waals surface area contributed by atoms with Crippen molar-refractivity contribution in [3.8, 4) is 23.0 Å². The largest absolute Gasteiger partial charge is 0.457 e. The first-order valence-corrected chi connectivity index (χ1v) is 14.1. The molecule has 5 aromatic carbocycles. The van der Waals surface area contributed by atoms with Gasteiger partial charge in [0.15, 0.2) is 0 Å². The van der Waals surface area contributed by atoms with E-state index in [1.165, 1.54) is 84.9 Å². The van der Waals surface area contributed by atoms with Crippen LogP contribution in [-0.2, 0) is 0 Å². The molecule has 0 saturated carbocycles. The number of anilines is 2. The molecule has 14 nitrogen and oxygen atoms in total. The van der Waals surface area contributed by atoms with Crippen molar-refractivity contribution in [2.75, 3.05) is 9.80 Å². The minimum atomic E-state index is -0.608. The SMILES string of the molecule is O=C1c2ccc(Oc3cccc(Oc4ccc5c(c4)C(=O)N(c4ccc([N+](=O)[O-])cc4)C5=O)c3)cc2C(=O)N1c1ccc([N+](=O)[O-])cc1. The fourth-order valence-corrected chi connectivity index (χ4v) is 5.36. The third kappa shape index (κ3) is 5.04. The molecule has 0 radical (unpaired) electrons. The molecule has 2 aliphatic rings. The minimum absolute atomic E-state index is 0.100. The second-order valence-electron chi connectivity index (χ2n) is 10.5. The quantitative estimate of drug-likeness (QED) is 0.101. The van der Waals surface area contributed by atoms with Gasteiger partial charge in [-0.05, 0) is 72.8 Å². The molecule has 0 spiro atoms. The number of nitro groups is 2. The van der Waals surface area contributed by atoms with Gasteiger partial charge in [-0.2, -0.15) is 0 Å². The van der Waals surface area contributed by atoms with E-state index in [-0.39, 0.29) is 56.5 Å². The van der Waals surface area contributed by atoms with Gasteiger partial charge < -0.3 is 9.47 Å². The van der Waals surface area contributed by atoms with Gasteiger partial charge in [-0.3, -0.25) is 39.4 Å². The number of carbonyl (C=O) groups excluding carboxylic acids is 4. The van der Waals surface area contributed by atoms with Crippen molar-refractivity contribution < 1.29 is 38.5 Å². The molecule has 4 amide bonds. The highest BCUT2D eigenvalue weighted by molar-refractivity contribution is 6.35. The Hall–Kier alpha value is -7.22. The Morgan fingerprint density at radius 3 is 1.17 bits per heavy atom. The molecule has 14 heteroatoms. The number of imide groups is 2. The summed E-state index contributed by atoms with van der Waals surface area (Å²) in [7, 11) is 0. The predicted octanol–water partition coefficient (Wildman–Crippen LogP) is 6.69. The highest BCUT2D eigenvalue weighted by Crippen LogP contribution is 2.36. The molecule has 0 aliphatic carbocycles. The molecule has 0 unspecified atom stereocenters. The number of nitrogens with zero attached hydrogens (tertiary/aromatic N) is 4. The first-order valence-electron chi connectivity index (χ1n) is 14.1. The van der Waals surface area contributed by atoms with Gasteiger partial charge in [0.05, 0.1) is 43.5 Å². The average molecular weight is 643 g/mol. The number of hydrogen-bond donors (Lipinski definition) is 0. The standard InChI is InChI=1S/C34H18N4O10/c39-31-27-14-12-25(17-29(27)33(41)35(31)19-4-8-21(9-5-19)37(43)44)47-23-2-1-3-24(16-23)48-26-13-15-28-30(18-26)34(42)36(32(28)40)20-6-10-22(11-7-20)38(45)46/h1-18H. The summed E-state index contributed by atoms with van der Waals surface area (Å²) in [5.41, 5.74) is 0.532. The number of ether oxygens (including phenoxy) is 2. The number of rotatable bonds is 8. The van der Waals surface area contributed by atoms with E-state index in [2.05, 4.69) is 0 Å². The van der Waals surface area contributed by atoms with Crippen LogP contribution in [0.3, 0.4) is 0 Å². The predicted molar refractivity (Wildman–Crippen MR) is 168 cm³/mol. The van der Waals surface area contributed by atoms with E-state index in [4.69, 9.17) is 9.47 Å². The summed E-state index contributed by atoms with van der Waals surface area (Å²) < 4.78 is 11.9. The maximum Gasteiger partial charge on any atom is 0.269 e. The Labute approximate surface area is 269 Å². The number of carbonyl (C=O) groups is 4. The van der Waals surface area contributed by atoms with Crippen LogP contribution in [0, 0.1) is 20.2 Å². The van der Waals surface area contributed by atoms with E-state index in [0.29, 0.717) is 11.5 Å². The number of non-ortho nitro benzene ring substituents is 2. The normalized spacial score (nSPS) is 13.4. The Morgan fingerprint density at radius 1 is 0.438 bits per heavy atom.